The lowest BCUT2D eigenvalue weighted by Crippen LogP contribution is -2.40. The molecule has 1 aliphatic rings. The number of unbranched alkanes of at least 4 members (excludes halogenated alkanes) is 6. The Morgan fingerprint density at radius 3 is 2.23 bits per heavy atom. The van der Waals surface area contributed by atoms with Crippen LogP contribution in [0.2, 0.25) is 0 Å². The van der Waals surface area contributed by atoms with Crippen molar-refractivity contribution in [3.8, 4) is 17.2 Å². The zero-order valence-corrected chi connectivity index (χ0v) is 25.8. The van der Waals surface area contributed by atoms with E-state index in [2.05, 4.69) is 6.92 Å². The topological polar surface area (TPSA) is 98.8 Å². The van der Waals surface area contributed by atoms with Crippen LogP contribution in [0.4, 0.5) is 22.0 Å². The van der Waals surface area contributed by atoms with Crippen molar-refractivity contribution in [1.82, 2.24) is 0 Å². The largest absolute Gasteiger partial charge is 0.508 e. The fraction of sp³-hybridized carbons (Fsp3) is 0.594. The van der Waals surface area contributed by atoms with E-state index in [1.54, 1.807) is 24.3 Å². The van der Waals surface area contributed by atoms with Crippen molar-refractivity contribution in [2.75, 3.05) is 24.7 Å². The quantitative estimate of drug-likeness (QED) is 0.0797. The maximum Gasteiger partial charge on any atom is 0.453 e. The molecule has 2 aromatic rings. The minimum Gasteiger partial charge on any atom is -0.508 e. The SMILES string of the molecule is CC1(c2ccc(O)cc2)COc2cc(OC(=O)CN)ccc2C1CCCCCCCCCS(=O)CCCC(F)(F)C(F)(F)F. The monoisotopic (exact) mass is 647 g/mol. The van der Waals surface area contributed by atoms with Gasteiger partial charge in [0.05, 0.1) is 13.2 Å². The van der Waals surface area contributed by atoms with Gasteiger partial charge in [-0.1, -0.05) is 63.6 Å². The first-order valence-corrected chi connectivity index (χ1v) is 16.5. The number of carbonyl (C=O) groups is 1. The molecule has 0 radical (unpaired) electrons. The van der Waals surface area contributed by atoms with E-state index in [1.807, 2.05) is 18.2 Å². The summed E-state index contributed by atoms with van der Waals surface area (Å²) in [6.07, 6.45) is -0.0631. The predicted molar refractivity (Wildman–Crippen MR) is 160 cm³/mol. The average molecular weight is 648 g/mol. The van der Waals surface area contributed by atoms with E-state index >= 15 is 0 Å². The highest BCUT2D eigenvalue weighted by molar-refractivity contribution is 7.84. The molecule has 44 heavy (non-hydrogen) atoms. The second kappa shape index (κ2) is 16.0. The van der Waals surface area contributed by atoms with E-state index in [0.29, 0.717) is 30.3 Å². The summed E-state index contributed by atoms with van der Waals surface area (Å²) in [6, 6.07) is 12.6. The number of ether oxygens (including phenoxy) is 2. The molecule has 6 nitrogen and oxygen atoms in total. The Balaban J connectivity index is 1.45. The number of hydrogen-bond donors (Lipinski definition) is 2. The standard InChI is InChI=1S/C32H42F5NO5S/c1-30(23-11-13-24(39)14-12-23)22-42-28-20-25(43-29(40)21-38)15-16-26(28)27(30)10-7-5-3-2-4-6-8-18-44(41)19-9-17-31(33,34)32(35,36)37/h11-16,20,27,39H,2-10,17-19,21-22,38H2,1H3. The summed E-state index contributed by atoms with van der Waals surface area (Å²) in [6.45, 7) is 2.34. The molecule has 0 aliphatic carbocycles. The van der Waals surface area contributed by atoms with Crippen molar-refractivity contribution < 1.29 is 45.5 Å². The average Bonchev–Trinajstić information content (AvgIpc) is 2.96. The highest BCUT2D eigenvalue weighted by atomic mass is 32.2. The van der Waals surface area contributed by atoms with Gasteiger partial charge in [0.15, 0.2) is 0 Å². The smallest absolute Gasteiger partial charge is 0.453 e. The Morgan fingerprint density at radius 2 is 1.59 bits per heavy atom. The van der Waals surface area contributed by atoms with E-state index in [-0.39, 0.29) is 29.4 Å². The van der Waals surface area contributed by atoms with Crippen molar-refractivity contribution in [1.29, 1.82) is 0 Å². The molecule has 0 amide bonds. The molecule has 0 fully saturated rings. The Morgan fingerprint density at radius 1 is 0.977 bits per heavy atom. The number of rotatable bonds is 17. The van der Waals surface area contributed by atoms with E-state index in [1.165, 1.54) is 0 Å². The molecule has 246 valence electrons. The summed E-state index contributed by atoms with van der Waals surface area (Å²) in [5.74, 6) is -3.77. The van der Waals surface area contributed by atoms with Gasteiger partial charge in [0.1, 0.15) is 17.2 Å². The van der Waals surface area contributed by atoms with Crippen LogP contribution >= 0.6 is 0 Å². The molecular weight excluding hydrogens is 605 g/mol. The number of carbonyl (C=O) groups excluding carboxylic acids is 1. The zero-order valence-electron chi connectivity index (χ0n) is 25.0. The zero-order chi connectivity index (χ0) is 32.4. The number of nitrogens with two attached hydrogens (primary N) is 1. The third-order valence-electron chi connectivity index (χ3n) is 8.22. The summed E-state index contributed by atoms with van der Waals surface area (Å²) in [5.41, 5.74) is 7.09. The highest BCUT2D eigenvalue weighted by Crippen LogP contribution is 2.50. The number of alkyl halides is 5. The van der Waals surface area contributed by atoms with Gasteiger partial charge in [-0.15, -0.1) is 0 Å². The van der Waals surface area contributed by atoms with E-state index in [9.17, 15) is 36.1 Å². The number of fused-ring (bicyclic) bond motifs is 1. The summed E-state index contributed by atoms with van der Waals surface area (Å²) in [5, 5.41) is 9.82. The first-order chi connectivity index (χ1) is 20.8. The summed E-state index contributed by atoms with van der Waals surface area (Å²) in [7, 11) is -1.40. The van der Waals surface area contributed by atoms with Gasteiger partial charge >= 0.3 is 18.1 Å². The number of benzene rings is 2. The van der Waals surface area contributed by atoms with Crippen LogP contribution in [0.15, 0.2) is 42.5 Å². The molecule has 3 atom stereocenters. The number of esters is 1. The Bertz CT molecular complexity index is 1240. The summed E-state index contributed by atoms with van der Waals surface area (Å²) >= 11 is 0. The van der Waals surface area contributed by atoms with Gasteiger partial charge in [-0.3, -0.25) is 9.00 Å². The second-order valence-electron chi connectivity index (χ2n) is 11.6. The van der Waals surface area contributed by atoms with Gasteiger partial charge in [0.25, 0.3) is 0 Å². The molecule has 12 heteroatoms. The third-order valence-corrected chi connectivity index (χ3v) is 9.71. The molecule has 1 aliphatic heterocycles. The van der Waals surface area contributed by atoms with E-state index in [0.717, 1.165) is 56.1 Å². The lowest BCUT2D eigenvalue weighted by atomic mass is 9.66. The van der Waals surface area contributed by atoms with Gasteiger partial charge in [0, 0.05) is 46.1 Å². The van der Waals surface area contributed by atoms with Crippen LogP contribution in [0.25, 0.3) is 0 Å². The predicted octanol–water partition coefficient (Wildman–Crippen LogP) is 7.54. The molecule has 1 heterocycles. The van der Waals surface area contributed by atoms with Gasteiger partial charge in [0.2, 0.25) is 0 Å². The van der Waals surface area contributed by atoms with E-state index in [4.69, 9.17) is 15.2 Å². The van der Waals surface area contributed by atoms with Crippen molar-refractivity contribution >= 4 is 16.8 Å². The van der Waals surface area contributed by atoms with Crippen LogP contribution in [-0.4, -0.2) is 52.0 Å². The molecule has 0 saturated carbocycles. The van der Waals surface area contributed by atoms with Crippen molar-refractivity contribution in [3.05, 3.63) is 53.6 Å². The molecule has 0 spiro atoms. The lowest BCUT2D eigenvalue weighted by molar-refractivity contribution is -0.284. The number of phenolic OH excluding ortho intramolecular Hbond substituents is 1. The molecule has 0 aromatic heterocycles. The number of aromatic hydroxyl groups is 1. The molecule has 3 rings (SSSR count). The van der Waals surface area contributed by atoms with Crippen LogP contribution in [0.3, 0.4) is 0 Å². The molecule has 0 bridgehead atoms. The van der Waals surface area contributed by atoms with Crippen molar-refractivity contribution in [3.63, 3.8) is 0 Å². The van der Waals surface area contributed by atoms with Crippen LogP contribution in [0, 0.1) is 0 Å². The van der Waals surface area contributed by atoms with Crippen LogP contribution in [-0.2, 0) is 21.0 Å². The Hall–Kier alpha value is -2.73. The maximum atomic E-state index is 13.0. The highest BCUT2D eigenvalue weighted by Gasteiger charge is 2.56. The fourth-order valence-electron chi connectivity index (χ4n) is 5.63. The number of phenols is 1. The van der Waals surface area contributed by atoms with Gasteiger partial charge in [-0.05, 0) is 48.6 Å². The molecule has 2 aromatic carbocycles. The van der Waals surface area contributed by atoms with Gasteiger partial charge in [-0.25, -0.2) is 0 Å². The lowest BCUT2D eigenvalue weighted by Gasteiger charge is -2.43. The second-order valence-corrected chi connectivity index (χ2v) is 13.3. The van der Waals surface area contributed by atoms with Gasteiger partial charge < -0.3 is 20.3 Å². The van der Waals surface area contributed by atoms with Crippen LogP contribution in [0.5, 0.6) is 17.2 Å². The minimum absolute atomic E-state index is 0.112. The normalized spacial score (nSPS) is 19.2. The molecule has 3 unspecified atom stereocenters. The van der Waals surface area contributed by atoms with Gasteiger partial charge in [-0.2, -0.15) is 22.0 Å². The van der Waals surface area contributed by atoms with Crippen LogP contribution < -0.4 is 15.2 Å². The summed E-state index contributed by atoms with van der Waals surface area (Å²) < 4.78 is 86.0. The first kappa shape index (κ1) is 35.7. The van der Waals surface area contributed by atoms with Crippen LogP contribution in [0.1, 0.15) is 88.2 Å². The Labute approximate surface area is 258 Å². The maximum absolute atomic E-state index is 13.0. The fourth-order valence-corrected chi connectivity index (χ4v) is 6.83. The van der Waals surface area contributed by atoms with E-state index < -0.39 is 41.7 Å². The number of hydrogen-bond acceptors (Lipinski definition) is 6. The van der Waals surface area contributed by atoms with Crippen molar-refractivity contribution in [2.24, 2.45) is 5.73 Å². The molecular formula is C32H42F5NO5S. The number of halogens is 5. The Kier molecular flexibility index (Phi) is 13.0. The molecule has 3 N–H and O–H groups in total. The summed E-state index contributed by atoms with van der Waals surface area (Å²) in [4.78, 5) is 11.7. The third kappa shape index (κ3) is 9.89. The molecule has 0 saturated heterocycles. The van der Waals surface area contributed by atoms with Crippen molar-refractivity contribution in [2.45, 2.75) is 94.6 Å². The first-order valence-electron chi connectivity index (χ1n) is 15.0. The minimum atomic E-state index is -5.57.